The topological polar surface area (TPSA) is 102 Å². The van der Waals surface area contributed by atoms with Gasteiger partial charge in [0.2, 0.25) is 11.8 Å². The van der Waals surface area contributed by atoms with E-state index in [1.165, 1.54) is 23.1 Å². The molecule has 3 aromatic rings. The Kier molecular flexibility index (Phi) is 7.12. The van der Waals surface area contributed by atoms with Gasteiger partial charge in [0.25, 0.3) is 0 Å². The van der Waals surface area contributed by atoms with Gasteiger partial charge in [-0.25, -0.2) is 4.98 Å². The van der Waals surface area contributed by atoms with E-state index in [-0.39, 0.29) is 24.0 Å². The normalized spacial score (nSPS) is 10.8. The monoisotopic (exact) mass is 470 g/mol. The number of hydrogen-bond acceptors (Lipinski definition) is 7. The summed E-state index contributed by atoms with van der Waals surface area (Å²) in [5.41, 5.74) is 1.39. The molecule has 8 nitrogen and oxygen atoms in total. The average Bonchev–Trinajstić information content (AvgIpc) is 3.22. The maximum atomic E-state index is 12.3. The first-order valence-corrected chi connectivity index (χ1v) is 10.9. The maximum Gasteiger partial charge on any atom is 0.236 e. The molecule has 3 rings (SSSR count). The van der Waals surface area contributed by atoms with E-state index in [0.29, 0.717) is 31.8 Å². The zero-order valence-corrected chi connectivity index (χ0v) is 18.5. The molecule has 29 heavy (non-hydrogen) atoms. The average molecular weight is 471 g/mol. The number of thiazole rings is 1. The number of nitrogens with zero attached hydrogens (tertiary/aromatic N) is 4. The predicted molar refractivity (Wildman–Crippen MR) is 116 cm³/mol. The highest BCUT2D eigenvalue weighted by molar-refractivity contribution is 7.99. The molecular weight excluding hydrogens is 455 g/mol. The number of anilines is 2. The quantitative estimate of drug-likeness (QED) is 0.509. The lowest BCUT2D eigenvalue weighted by Crippen LogP contribution is -2.17. The van der Waals surface area contributed by atoms with Crippen LogP contribution in [-0.4, -0.2) is 37.3 Å². The number of aromatic nitrogens is 4. The summed E-state index contributed by atoms with van der Waals surface area (Å²) >= 11 is 14.4. The summed E-state index contributed by atoms with van der Waals surface area (Å²) in [6.45, 7) is 1.86. The number of aryl methyl sites for hydroxylation is 1. The van der Waals surface area contributed by atoms with Crippen molar-refractivity contribution in [2.24, 2.45) is 7.05 Å². The Bertz CT molecular complexity index is 1050. The predicted octanol–water partition coefficient (Wildman–Crippen LogP) is 3.80. The summed E-state index contributed by atoms with van der Waals surface area (Å²) in [7, 11) is 1.74. The lowest BCUT2D eigenvalue weighted by Gasteiger charge is -2.07. The van der Waals surface area contributed by atoms with Crippen molar-refractivity contribution in [3.63, 3.8) is 0 Å². The van der Waals surface area contributed by atoms with Crippen LogP contribution >= 0.6 is 46.3 Å². The highest BCUT2D eigenvalue weighted by Crippen LogP contribution is 2.25. The second kappa shape index (κ2) is 9.57. The van der Waals surface area contributed by atoms with E-state index < -0.39 is 0 Å². The Morgan fingerprint density at radius 3 is 2.66 bits per heavy atom. The van der Waals surface area contributed by atoms with Gasteiger partial charge in [-0.05, 0) is 25.1 Å². The number of thioether (sulfide) groups is 1. The fourth-order valence-corrected chi connectivity index (χ4v) is 3.98. The molecule has 12 heteroatoms. The third-order valence-corrected chi connectivity index (χ3v) is 6.28. The van der Waals surface area contributed by atoms with Gasteiger partial charge in [0, 0.05) is 18.1 Å². The van der Waals surface area contributed by atoms with Crippen LogP contribution in [0.5, 0.6) is 0 Å². The largest absolute Gasteiger partial charge is 0.326 e. The summed E-state index contributed by atoms with van der Waals surface area (Å²) in [6, 6.07) is 4.84. The van der Waals surface area contributed by atoms with Gasteiger partial charge in [0.1, 0.15) is 5.82 Å². The minimum Gasteiger partial charge on any atom is -0.326 e. The summed E-state index contributed by atoms with van der Waals surface area (Å²) in [5, 5.41) is 17.3. The van der Waals surface area contributed by atoms with Gasteiger partial charge >= 0.3 is 0 Å². The summed E-state index contributed by atoms with van der Waals surface area (Å²) < 4.78 is 1.68. The minimum atomic E-state index is -0.271. The second-order valence-corrected chi connectivity index (χ2v) is 8.56. The highest BCUT2D eigenvalue weighted by atomic mass is 35.5. The molecule has 0 atom stereocenters. The fraction of sp³-hybridized carbons (Fsp3) is 0.235. The van der Waals surface area contributed by atoms with Crippen molar-refractivity contribution in [3.05, 3.63) is 45.1 Å². The summed E-state index contributed by atoms with van der Waals surface area (Å²) in [4.78, 5) is 28.5. The van der Waals surface area contributed by atoms with Gasteiger partial charge in [-0.15, -0.1) is 21.5 Å². The third-order valence-electron chi connectivity index (χ3n) is 3.64. The molecule has 0 spiro atoms. The van der Waals surface area contributed by atoms with Gasteiger partial charge in [-0.1, -0.05) is 35.0 Å². The summed E-state index contributed by atoms with van der Waals surface area (Å²) in [5.74, 6) is 0.166. The van der Waals surface area contributed by atoms with Gasteiger partial charge < -0.3 is 15.2 Å². The second-order valence-electron chi connectivity index (χ2n) is 5.94. The number of amides is 2. The lowest BCUT2D eigenvalue weighted by atomic mass is 10.3. The van der Waals surface area contributed by atoms with Crippen LogP contribution in [0.1, 0.15) is 11.5 Å². The van der Waals surface area contributed by atoms with Crippen molar-refractivity contribution in [1.82, 2.24) is 19.7 Å². The van der Waals surface area contributed by atoms with E-state index in [9.17, 15) is 9.59 Å². The van der Waals surface area contributed by atoms with Crippen LogP contribution in [-0.2, 0) is 23.1 Å². The number of rotatable bonds is 7. The number of hydrogen-bond donors (Lipinski definition) is 2. The number of benzene rings is 1. The Morgan fingerprint density at radius 1 is 1.17 bits per heavy atom. The molecule has 0 fully saturated rings. The van der Waals surface area contributed by atoms with Gasteiger partial charge in [0.05, 0.1) is 27.9 Å². The fourth-order valence-electron chi connectivity index (χ4n) is 2.24. The Labute approximate surface area is 185 Å². The lowest BCUT2D eigenvalue weighted by molar-refractivity contribution is -0.116. The number of halogens is 2. The van der Waals surface area contributed by atoms with E-state index in [1.54, 1.807) is 29.8 Å². The number of carbonyl (C=O) groups excluding carboxylic acids is 2. The van der Waals surface area contributed by atoms with Crippen molar-refractivity contribution >= 4 is 68.9 Å². The highest BCUT2D eigenvalue weighted by Gasteiger charge is 2.15. The molecule has 0 aliphatic heterocycles. The molecule has 0 radical (unpaired) electrons. The Hall–Kier alpha value is -2.14. The number of carbonyl (C=O) groups is 2. The van der Waals surface area contributed by atoms with Crippen LogP contribution in [0.3, 0.4) is 0 Å². The molecule has 0 unspecified atom stereocenters. The summed E-state index contributed by atoms with van der Waals surface area (Å²) in [6.07, 6.45) is 0.0227. The van der Waals surface area contributed by atoms with Gasteiger partial charge in [-0.2, -0.15) is 0 Å². The molecule has 0 saturated heterocycles. The first-order valence-electron chi connectivity index (χ1n) is 8.30. The Morgan fingerprint density at radius 2 is 1.97 bits per heavy atom. The maximum absolute atomic E-state index is 12.3. The molecule has 2 aromatic heterocycles. The zero-order valence-electron chi connectivity index (χ0n) is 15.4. The minimum absolute atomic E-state index is 0.0227. The molecule has 2 N–H and O–H groups in total. The molecule has 152 valence electrons. The third kappa shape index (κ3) is 5.92. The molecule has 0 bridgehead atoms. The first kappa shape index (κ1) is 21.6. The van der Waals surface area contributed by atoms with E-state index in [4.69, 9.17) is 23.2 Å². The van der Waals surface area contributed by atoms with Crippen LogP contribution in [0.2, 0.25) is 10.0 Å². The van der Waals surface area contributed by atoms with Crippen molar-refractivity contribution in [1.29, 1.82) is 0 Å². The molecule has 0 aliphatic rings. The van der Waals surface area contributed by atoms with Crippen molar-refractivity contribution in [3.8, 4) is 0 Å². The van der Waals surface area contributed by atoms with Crippen molar-refractivity contribution in [2.45, 2.75) is 18.5 Å². The molecule has 2 heterocycles. The molecular formula is C17H16Cl2N6O2S2. The molecule has 2 amide bonds. The molecule has 0 aliphatic carbocycles. The van der Waals surface area contributed by atoms with Crippen LogP contribution in [0, 0.1) is 6.92 Å². The van der Waals surface area contributed by atoms with Gasteiger partial charge in [-0.3, -0.25) is 9.59 Å². The van der Waals surface area contributed by atoms with Gasteiger partial charge in [0.15, 0.2) is 10.3 Å². The van der Waals surface area contributed by atoms with Crippen LogP contribution in [0.4, 0.5) is 10.8 Å². The standard InChI is InChI=1S/C17H16Cl2N6O2S2/c1-9-7-28-16(20-9)22-15(27)8-29-17-24-23-13(25(17)2)6-14(26)21-10-3-4-11(18)12(19)5-10/h3-5,7H,6,8H2,1-2H3,(H,21,26)(H,20,22,27). The van der Waals surface area contributed by atoms with Crippen LogP contribution in [0.15, 0.2) is 28.7 Å². The SMILES string of the molecule is Cc1csc(NC(=O)CSc2nnc(CC(=O)Nc3ccc(Cl)c(Cl)c3)n2C)n1. The first-order chi connectivity index (χ1) is 13.8. The van der Waals surface area contributed by atoms with Crippen LogP contribution < -0.4 is 10.6 Å². The van der Waals surface area contributed by atoms with Crippen molar-refractivity contribution in [2.75, 3.05) is 16.4 Å². The molecule has 0 saturated carbocycles. The van der Waals surface area contributed by atoms with E-state index >= 15 is 0 Å². The van der Waals surface area contributed by atoms with Crippen molar-refractivity contribution < 1.29 is 9.59 Å². The smallest absolute Gasteiger partial charge is 0.236 e. The van der Waals surface area contributed by atoms with E-state index in [2.05, 4.69) is 25.8 Å². The van der Waals surface area contributed by atoms with E-state index in [1.807, 2.05) is 12.3 Å². The Balaban J connectivity index is 1.53. The number of nitrogens with one attached hydrogen (secondary N) is 2. The molecule has 1 aromatic carbocycles. The van der Waals surface area contributed by atoms with E-state index in [0.717, 1.165) is 5.69 Å². The van der Waals surface area contributed by atoms with Crippen LogP contribution in [0.25, 0.3) is 0 Å². The zero-order chi connectivity index (χ0) is 21.0.